The van der Waals surface area contributed by atoms with E-state index in [0.717, 1.165) is 36.9 Å². The summed E-state index contributed by atoms with van der Waals surface area (Å²) < 4.78 is 0. The van der Waals surface area contributed by atoms with Crippen LogP contribution in [0.15, 0.2) is 35.2 Å². The van der Waals surface area contributed by atoms with Crippen LogP contribution >= 0.6 is 11.3 Å². The molecule has 5 heteroatoms. The summed E-state index contributed by atoms with van der Waals surface area (Å²) in [4.78, 5) is 16.5. The second kappa shape index (κ2) is 6.37. The number of hydrogen-bond acceptors (Lipinski definition) is 4. The van der Waals surface area contributed by atoms with Gasteiger partial charge in [0.25, 0.3) is 5.91 Å². The van der Waals surface area contributed by atoms with E-state index in [2.05, 4.69) is 10.3 Å². The Hall–Kier alpha value is -1.72. The maximum absolute atomic E-state index is 12.2. The van der Waals surface area contributed by atoms with E-state index in [9.17, 15) is 9.90 Å². The quantitative estimate of drug-likeness (QED) is 0.916. The molecule has 1 amide bonds. The Balaban J connectivity index is 1.62. The molecule has 1 fully saturated rings. The summed E-state index contributed by atoms with van der Waals surface area (Å²) in [5.74, 6) is -0.0405. The molecule has 0 radical (unpaired) electrons. The van der Waals surface area contributed by atoms with Gasteiger partial charge in [0.05, 0.1) is 17.3 Å². The third kappa shape index (κ3) is 3.49. The number of aromatic nitrogens is 1. The van der Waals surface area contributed by atoms with Gasteiger partial charge in [-0.05, 0) is 37.8 Å². The van der Waals surface area contributed by atoms with Gasteiger partial charge in [0.2, 0.25) is 0 Å². The lowest BCUT2D eigenvalue weighted by Gasteiger charge is -2.26. The molecule has 3 rings (SSSR count). The SMILES string of the molecule is O=C(NC1CCC(O)CC1)c1ccc(-c2cscn2)cc1. The minimum absolute atomic E-state index is 0.0405. The number of nitrogens with zero attached hydrogens (tertiary/aromatic N) is 1. The van der Waals surface area contributed by atoms with Gasteiger partial charge in [-0.3, -0.25) is 4.79 Å². The molecule has 0 atom stereocenters. The first kappa shape index (κ1) is 14.2. The minimum atomic E-state index is -0.199. The number of aliphatic hydroxyl groups excluding tert-OH is 1. The molecular formula is C16H18N2O2S. The highest BCUT2D eigenvalue weighted by atomic mass is 32.1. The molecule has 1 saturated carbocycles. The summed E-state index contributed by atoms with van der Waals surface area (Å²) in [5.41, 5.74) is 4.43. The highest BCUT2D eigenvalue weighted by molar-refractivity contribution is 7.07. The van der Waals surface area contributed by atoms with Crippen LogP contribution in [0.4, 0.5) is 0 Å². The molecule has 110 valence electrons. The van der Waals surface area contributed by atoms with Crippen molar-refractivity contribution in [2.75, 3.05) is 0 Å². The monoisotopic (exact) mass is 302 g/mol. The molecule has 21 heavy (non-hydrogen) atoms. The van der Waals surface area contributed by atoms with Gasteiger partial charge < -0.3 is 10.4 Å². The third-order valence-electron chi connectivity index (χ3n) is 3.91. The van der Waals surface area contributed by atoms with Gasteiger partial charge in [-0.1, -0.05) is 12.1 Å². The average molecular weight is 302 g/mol. The average Bonchev–Trinajstić information content (AvgIpc) is 3.04. The molecule has 4 nitrogen and oxygen atoms in total. The van der Waals surface area contributed by atoms with E-state index >= 15 is 0 Å². The maximum Gasteiger partial charge on any atom is 0.251 e. The van der Waals surface area contributed by atoms with Crippen LogP contribution in [0, 0.1) is 0 Å². The number of amides is 1. The molecule has 2 aromatic rings. The van der Waals surface area contributed by atoms with Crippen molar-refractivity contribution in [3.05, 3.63) is 40.7 Å². The molecule has 0 aliphatic heterocycles. The molecule has 0 saturated heterocycles. The Morgan fingerprint density at radius 2 is 1.90 bits per heavy atom. The largest absolute Gasteiger partial charge is 0.393 e. The maximum atomic E-state index is 12.2. The van der Waals surface area contributed by atoms with Crippen molar-refractivity contribution in [3.63, 3.8) is 0 Å². The highest BCUT2D eigenvalue weighted by Crippen LogP contribution is 2.21. The summed E-state index contributed by atoms with van der Waals surface area (Å²) >= 11 is 1.56. The lowest BCUT2D eigenvalue weighted by Crippen LogP contribution is -2.38. The number of hydrogen-bond donors (Lipinski definition) is 2. The van der Waals surface area contributed by atoms with Crippen molar-refractivity contribution >= 4 is 17.2 Å². The van der Waals surface area contributed by atoms with Crippen molar-refractivity contribution < 1.29 is 9.90 Å². The number of benzene rings is 1. The third-order valence-corrected chi connectivity index (χ3v) is 4.49. The van der Waals surface area contributed by atoms with E-state index in [4.69, 9.17) is 0 Å². The van der Waals surface area contributed by atoms with Gasteiger partial charge in [-0.15, -0.1) is 11.3 Å². The lowest BCUT2D eigenvalue weighted by molar-refractivity contribution is 0.0867. The zero-order chi connectivity index (χ0) is 14.7. The van der Waals surface area contributed by atoms with Crippen molar-refractivity contribution in [1.82, 2.24) is 10.3 Å². The van der Waals surface area contributed by atoms with Crippen LogP contribution in [0.1, 0.15) is 36.0 Å². The van der Waals surface area contributed by atoms with Crippen LogP contribution in [0.3, 0.4) is 0 Å². The molecule has 1 heterocycles. The standard InChI is InChI=1S/C16H18N2O2S/c19-14-7-5-13(6-8-14)18-16(20)12-3-1-11(2-4-12)15-9-21-10-17-15/h1-4,9-10,13-14,19H,5-8H2,(H,18,20). The molecule has 2 N–H and O–H groups in total. The Bertz CT molecular complexity index is 587. The summed E-state index contributed by atoms with van der Waals surface area (Å²) in [5, 5.41) is 14.5. The highest BCUT2D eigenvalue weighted by Gasteiger charge is 2.21. The van der Waals surface area contributed by atoms with Crippen LogP contribution < -0.4 is 5.32 Å². The van der Waals surface area contributed by atoms with Gasteiger partial charge in [0.1, 0.15) is 0 Å². The number of carbonyl (C=O) groups is 1. The molecule has 1 aliphatic carbocycles. The minimum Gasteiger partial charge on any atom is -0.393 e. The predicted molar refractivity (Wildman–Crippen MR) is 83.3 cm³/mol. The second-order valence-electron chi connectivity index (χ2n) is 5.43. The lowest BCUT2D eigenvalue weighted by atomic mass is 9.93. The molecular weight excluding hydrogens is 284 g/mol. The zero-order valence-electron chi connectivity index (χ0n) is 11.7. The number of aliphatic hydroxyl groups is 1. The van der Waals surface area contributed by atoms with Gasteiger partial charge in [0.15, 0.2) is 0 Å². The first-order valence-corrected chi connectivity index (χ1v) is 8.14. The Morgan fingerprint density at radius 1 is 1.19 bits per heavy atom. The predicted octanol–water partition coefficient (Wildman–Crippen LogP) is 2.84. The van der Waals surface area contributed by atoms with Crippen molar-refractivity contribution in [1.29, 1.82) is 0 Å². The first-order valence-electron chi connectivity index (χ1n) is 7.20. The number of rotatable bonds is 3. The summed E-state index contributed by atoms with van der Waals surface area (Å²) in [6, 6.07) is 7.70. The van der Waals surface area contributed by atoms with Crippen molar-refractivity contribution in [2.45, 2.75) is 37.8 Å². The molecule has 0 bridgehead atoms. The topological polar surface area (TPSA) is 62.2 Å². The fourth-order valence-corrected chi connectivity index (χ4v) is 3.20. The molecule has 0 spiro atoms. The van der Waals surface area contributed by atoms with Gasteiger partial charge in [-0.25, -0.2) is 4.98 Å². The summed E-state index contributed by atoms with van der Waals surface area (Å²) in [6.45, 7) is 0. The fraction of sp³-hybridized carbons (Fsp3) is 0.375. The Kier molecular flexibility index (Phi) is 4.31. The van der Waals surface area contributed by atoms with E-state index in [1.54, 1.807) is 16.8 Å². The second-order valence-corrected chi connectivity index (χ2v) is 6.15. The van der Waals surface area contributed by atoms with Gasteiger partial charge in [0, 0.05) is 22.5 Å². The number of nitrogens with one attached hydrogen (secondary N) is 1. The van der Waals surface area contributed by atoms with E-state index in [1.165, 1.54) is 0 Å². The zero-order valence-corrected chi connectivity index (χ0v) is 12.5. The molecule has 1 aliphatic rings. The van der Waals surface area contributed by atoms with Crippen molar-refractivity contribution in [2.24, 2.45) is 0 Å². The first-order chi connectivity index (χ1) is 10.2. The number of carbonyl (C=O) groups excluding carboxylic acids is 1. The molecule has 0 unspecified atom stereocenters. The molecule has 1 aromatic heterocycles. The van der Waals surface area contributed by atoms with Crippen LogP contribution in [0.5, 0.6) is 0 Å². The van der Waals surface area contributed by atoms with Gasteiger partial charge in [-0.2, -0.15) is 0 Å². The van der Waals surface area contributed by atoms with Crippen LogP contribution in [0.2, 0.25) is 0 Å². The normalized spacial score (nSPS) is 22.0. The van der Waals surface area contributed by atoms with Crippen molar-refractivity contribution in [3.8, 4) is 11.3 Å². The smallest absolute Gasteiger partial charge is 0.251 e. The summed E-state index contributed by atoms with van der Waals surface area (Å²) in [6.07, 6.45) is 3.05. The Morgan fingerprint density at radius 3 is 2.52 bits per heavy atom. The fourth-order valence-electron chi connectivity index (χ4n) is 2.64. The van der Waals surface area contributed by atoms with Crippen LogP contribution in [0.25, 0.3) is 11.3 Å². The van der Waals surface area contributed by atoms with Crippen LogP contribution in [-0.2, 0) is 0 Å². The number of thiazole rings is 1. The van der Waals surface area contributed by atoms with Gasteiger partial charge >= 0.3 is 0 Å². The van der Waals surface area contributed by atoms with E-state index in [-0.39, 0.29) is 18.1 Å². The van der Waals surface area contributed by atoms with E-state index < -0.39 is 0 Å². The Labute approximate surface area is 127 Å². The van der Waals surface area contributed by atoms with Crippen LogP contribution in [-0.4, -0.2) is 28.1 Å². The van der Waals surface area contributed by atoms with E-state index in [1.807, 2.05) is 29.6 Å². The summed E-state index contributed by atoms with van der Waals surface area (Å²) in [7, 11) is 0. The molecule has 1 aromatic carbocycles. The van der Waals surface area contributed by atoms with E-state index in [0.29, 0.717) is 5.56 Å².